The highest BCUT2D eigenvalue weighted by molar-refractivity contribution is 7.35. The van der Waals surface area contributed by atoms with Gasteiger partial charge in [-0.05, 0) is 40.0 Å². The first-order valence-electron chi connectivity index (χ1n) is 9.59. The lowest BCUT2D eigenvalue weighted by molar-refractivity contribution is 0.839. The summed E-state index contributed by atoms with van der Waals surface area (Å²) in [7, 11) is -2.73. The van der Waals surface area contributed by atoms with Crippen molar-refractivity contribution in [2.75, 3.05) is 0 Å². The first-order valence-corrected chi connectivity index (χ1v) is 17.1. The fourth-order valence-electron chi connectivity index (χ4n) is 4.09. The zero-order valence-corrected chi connectivity index (χ0v) is 19.8. The smallest absolute Gasteiger partial charge is 0.122 e. The Labute approximate surface area is 158 Å². The van der Waals surface area contributed by atoms with Crippen molar-refractivity contribution >= 4 is 53.7 Å². The van der Waals surface area contributed by atoms with Gasteiger partial charge in [0.15, 0.2) is 0 Å². The SMILES string of the molecule is CCCC[Si]1(CCCC)c2cc(C)sc2-c2sc([Si](C)(C)C)cc21. The monoisotopic (exact) mass is 392 g/mol. The zero-order valence-electron chi connectivity index (χ0n) is 16.2. The number of rotatable bonds is 7. The Morgan fingerprint density at radius 1 is 0.875 bits per heavy atom. The Kier molecular flexibility index (Phi) is 5.32. The van der Waals surface area contributed by atoms with E-state index in [9.17, 15) is 0 Å². The van der Waals surface area contributed by atoms with Crippen LogP contribution < -0.4 is 14.9 Å². The van der Waals surface area contributed by atoms with Gasteiger partial charge in [-0.1, -0.05) is 65.2 Å². The quantitative estimate of drug-likeness (QED) is 0.522. The topological polar surface area (TPSA) is 0 Å². The lowest BCUT2D eigenvalue weighted by Gasteiger charge is -2.29. The van der Waals surface area contributed by atoms with E-state index in [0.29, 0.717) is 0 Å². The molecule has 0 N–H and O–H groups in total. The van der Waals surface area contributed by atoms with E-state index in [2.05, 4.69) is 75.2 Å². The molecule has 0 radical (unpaired) electrons. The van der Waals surface area contributed by atoms with Gasteiger partial charge < -0.3 is 0 Å². The first-order chi connectivity index (χ1) is 11.3. The lowest BCUT2D eigenvalue weighted by atomic mass is 10.4. The second-order valence-electron chi connectivity index (χ2n) is 8.49. The standard InChI is InChI=1S/C20H32S2Si2/c1-7-9-11-24(12-10-8-2)16-13-15(3)21-19(16)20-17(24)14-18(22-20)23(4,5)6/h13-14H,7-12H2,1-6H3. The number of hydrogen-bond donors (Lipinski definition) is 0. The molecule has 3 rings (SSSR count). The second-order valence-corrected chi connectivity index (χ2v) is 20.4. The average Bonchev–Trinajstić information content (AvgIpc) is 3.15. The van der Waals surface area contributed by atoms with Crippen LogP contribution >= 0.6 is 22.7 Å². The van der Waals surface area contributed by atoms with Gasteiger partial charge in [0.1, 0.15) is 8.07 Å². The van der Waals surface area contributed by atoms with Gasteiger partial charge in [0.05, 0.1) is 8.07 Å². The highest BCUT2D eigenvalue weighted by Gasteiger charge is 2.47. The van der Waals surface area contributed by atoms with Crippen molar-refractivity contribution in [2.45, 2.75) is 78.2 Å². The summed E-state index contributed by atoms with van der Waals surface area (Å²) in [5, 5.41) is 3.66. The summed E-state index contributed by atoms with van der Waals surface area (Å²) >= 11 is 4.23. The molecule has 4 heteroatoms. The maximum atomic E-state index is 2.70. The minimum Gasteiger partial charge on any atom is -0.144 e. The van der Waals surface area contributed by atoms with E-state index in [1.54, 1.807) is 14.3 Å². The highest BCUT2D eigenvalue weighted by atomic mass is 32.1. The Hall–Kier alpha value is -0.166. The van der Waals surface area contributed by atoms with Crippen LogP contribution in [0.15, 0.2) is 12.1 Å². The summed E-state index contributed by atoms with van der Waals surface area (Å²) in [6.45, 7) is 14.6. The van der Waals surface area contributed by atoms with E-state index in [1.807, 2.05) is 10.4 Å². The molecule has 0 aliphatic carbocycles. The number of thiophene rings is 2. The molecule has 2 aromatic heterocycles. The Morgan fingerprint density at radius 2 is 1.42 bits per heavy atom. The van der Waals surface area contributed by atoms with Crippen LogP contribution in [0.2, 0.25) is 31.7 Å². The summed E-state index contributed by atoms with van der Waals surface area (Å²) in [5.74, 6) is 0. The molecule has 0 atom stereocenters. The Morgan fingerprint density at radius 3 is 1.96 bits per heavy atom. The van der Waals surface area contributed by atoms with Gasteiger partial charge in [-0.25, -0.2) is 0 Å². The maximum Gasteiger partial charge on any atom is 0.122 e. The predicted molar refractivity (Wildman–Crippen MR) is 120 cm³/mol. The van der Waals surface area contributed by atoms with Crippen molar-refractivity contribution in [1.82, 2.24) is 0 Å². The molecule has 0 aromatic carbocycles. The van der Waals surface area contributed by atoms with E-state index in [0.717, 1.165) is 0 Å². The summed E-state index contributed by atoms with van der Waals surface area (Å²) < 4.78 is 1.73. The molecule has 3 heterocycles. The van der Waals surface area contributed by atoms with Crippen LogP contribution in [0.5, 0.6) is 0 Å². The lowest BCUT2D eigenvalue weighted by Crippen LogP contribution is -2.55. The Bertz CT molecular complexity index is 711. The summed E-state index contributed by atoms with van der Waals surface area (Å²) in [4.78, 5) is 4.90. The molecule has 1 aliphatic rings. The van der Waals surface area contributed by atoms with Gasteiger partial charge in [0.2, 0.25) is 0 Å². The van der Waals surface area contributed by atoms with E-state index in [-0.39, 0.29) is 0 Å². The molecule has 0 fully saturated rings. The van der Waals surface area contributed by atoms with Gasteiger partial charge in [-0.2, -0.15) is 0 Å². The third-order valence-electron chi connectivity index (χ3n) is 5.48. The minimum atomic E-state index is -1.51. The van der Waals surface area contributed by atoms with Gasteiger partial charge in [0, 0.05) is 14.6 Å². The fraction of sp³-hybridized carbons (Fsp3) is 0.600. The zero-order chi connectivity index (χ0) is 17.5. The molecule has 2 aromatic rings. The van der Waals surface area contributed by atoms with Crippen molar-refractivity contribution in [3.8, 4) is 9.75 Å². The van der Waals surface area contributed by atoms with Crippen LogP contribution in [0.3, 0.4) is 0 Å². The van der Waals surface area contributed by atoms with E-state index in [1.165, 1.54) is 42.6 Å². The summed E-state index contributed by atoms with van der Waals surface area (Å²) in [6, 6.07) is 8.23. The molecule has 0 unspecified atom stereocenters. The predicted octanol–water partition coefficient (Wildman–Crippen LogP) is 5.81. The molecule has 24 heavy (non-hydrogen) atoms. The molecule has 0 spiro atoms. The van der Waals surface area contributed by atoms with E-state index < -0.39 is 16.1 Å². The number of fused-ring (bicyclic) bond motifs is 3. The number of hydrogen-bond acceptors (Lipinski definition) is 2. The molecule has 132 valence electrons. The molecule has 0 amide bonds. The second kappa shape index (κ2) is 6.86. The molecular formula is C20H32S2Si2. The molecule has 0 saturated carbocycles. The molecule has 0 nitrogen and oxygen atoms in total. The van der Waals surface area contributed by atoms with Gasteiger partial charge in [0.25, 0.3) is 0 Å². The largest absolute Gasteiger partial charge is 0.144 e. The molecule has 0 saturated heterocycles. The van der Waals surface area contributed by atoms with Crippen molar-refractivity contribution < 1.29 is 0 Å². The van der Waals surface area contributed by atoms with E-state index >= 15 is 0 Å². The first kappa shape index (κ1) is 18.6. The number of aryl methyl sites for hydroxylation is 1. The minimum absolute atomic E-state index is 1.22. The van der Waals surface area contributed by atoms with Crippen molar-refractivity contribution in [3.63, 3.8) is 0 Å². The third-order valence-corrected chi connectivity index (χ3v) is 17.0. The van der Waals surface area contributed by atoms with Crippen LogP contribution in [-0.2, 0) is 0 Å². The third kappa shape index (κ3) is 3.04. The van der Waals surface area contributed by atoms with Gasteiger partial charge in [-0.3, -0.25) is 0 Å². The number of unbranched alkanes of at least 4 members (excludes halogenated alkanes) is 2. The van der Waals surface area contributed by atoms with Crippen LogP contribution in [0.4, 0.5) is 0 Å². The summed E-state index contributed by atoms with van der Waals surface area (Å²) in [5.41, 5.74) is 0. The van der Waals surface area contributed by atoms with Crippen LogP contribution in [0.1, 0.15) is 44.4 Å². The highest BCUT2D eigenvalue weighted by Crippen LogP contribution is 2.41. The fourth-order valence-corrected chi connectivity index (χ4v) is 15.7. The van der Waals surface area contributed by atoms with Crippen molar-refractivity contribution in [2.24, 2.45) is 0 Å². The maximum absolute atomic E-state index is 2.70. The normalized spacial score (nSPS) is 15.6. The molecular weight excluding hydrogens is 361 g/mol. The van der Waals surface area contributed by atoms with Crippen molar-refractivity contribution in [3.05, 3.63) is 17.0 Å². The van der Waals surface area contributed by atoms with Gasteiger partial charge >= 0.3 is 0 Å². The van der Waals surface area contributed by atoms with Crippen molar-refractivity contribution in [1.29, 1.82) is 0 Å². The Balaban J connectivity index is 2.18. The molecule has 1 aliphatic heterocycles. The van der Waals surface area contributed by atoms with E-state index in [4.69, 9.17) is 0 Å². The van der Waals surface area contributed by atoms with Crippen LogP contribution in [0, 0.1) is 6.92 Å². The molecule has 0 bridgehead atoms. The summed E-state index contributed by atoms with van der Waals surface area (Å²) in [6.07, 6.45) is 5.48. The van der Waals surface area contributed by atoms with Crippen LogP contribution in [0.25, 0.3) is 9.75 Å². The van der Waals surface area contributed by atoms with Gasteiger partial charge in [-0.15, -0.1) is 22.7 Å². The average molecular weight is 393 g/mol. The van der Waals surface area contributed by atoms with Crippen LogP contribution in [-0.4, -0.2) is 16.1 Å².